The molecule has 1 unspecified atom stereocenters. The van der Waals surface area contributed by atoms with Crippen molar-refractivity contribution >= 4 is 17.6 Å². The van der Waals surface area contributed by atoms with Gasteiger partial charge >= 0.3 is 5.97 Å². The van der Waals surface area contributed by atoms with Crippen LogP contribution >= 0.6 is 0 Å². The summed E-state index contributed by atoms with van der Waals surface area (Å²) in [6.45, 7) is 1.70. The fraction of sp³-hybridized carbons (Fsp3) is 0.545. The lowest BCUT2D eigenvalue weighted by Gasteiger charge is -2.15. The van der Waals surface area contributed by atoms with E-state index in [0.29, 0.717) is 12.1 Å². The van der Waals surface area contributed by atoms with Crippen LogP contribution in [0.3, 0.4) is 0 Å². The fourth-order valence-corrected chi connectivity index (χ4v) is 3.60. The average molecular weight is 386 g/mol. The highest BCUT2D eigenvalue weighted by atomic mass is 16.5. The minimum absolute atomic E-state index is 0.0730. The molecule has 3 rings (SSSR count). The zero-order valence-corrected chi connectivity index (χ0v) is 16.4. The van der Waals surface area contributed by atoms with Gasteiger partial charge in [0, 0.05) is 25.4 Å². The first kappa shape index (κ1) is 20.4. The van der Waals surface area contributed by atoms with E-state index in [1.165, 1.54) is 31.3 Å². The number of rotatable bonds is 9. The molecule has 2 N–H and O–H groups in total. The Morgan fingerprint density at radius 2 is 2.07 bits per heavy atom. The predicted molar refractivity (Wildman–Crippen MR) is 108 cm³/mol. The first-order valence-corrected chi connectivity index (χ1v) is 10.3. The van der Waals surface area contributed by atoms with Gasteiger partial charge in [-0.2, -0.15) is 0 Å². The second kappa shape index (κ2) is 10.9. The lowest BCUT2D eigenvalue weighted by Crippen LogP contribution is -2.34. The van der Waals surface area contributed by atoms with Gasteiger partial charge in [-0.05, 0) is 57.1 Å². The SMILES string of the molecule is O=C(COC(=O)c1ccccc1NCCC1=CCCCC1)NCC1CCCO1. The van der Waals surface area contributed by atoms with Gasteiger partial charge < -0.3 is 20.1 Å². The number of allylic oxidation sites excluding steroid dienone is 1. The highest BCUT2D eigenvalue weighted by Gasteiger charge is 2.18. The van der Waals surface area contributed by atoms with Gasteiger partial charge in [0.25, 0.3) is 5.91 Å². The summed E-state index contributed by atoms with van der Waals surface area (Å²) in [5, 5.41) is 6.09. The third kappa shape index (κ3) is 6.37. The molecule has 1 atom stereocenters. The molecule has 0 saturated carbocycles. The van der Waals surface area contributed by atoms with E-state index in [1.54, 1.807) is 12.1 Å². The van der Waals surface area contributed by atoms with Crippen LogP contribution in [0.2, 0.25) is 0 Å². The van der Waals surface area contributed by atoms with E-state index in [1.807, 2.05) is 12.1 Å². The summed E-state index contributed by atoms with van der Waals surface area (Å²) in [6, 6.07) is 7.26. The predicted octanol–water partition coefficient (Wildman–Crippen LogP) is 3.44. The Morgan fingerprint density at radius 1 is 1.18 bits per heavy atom. The summed E-state index contributed by atoms with van der Waals surface area (Å²) in [7, 11) is 0. The zero-order chi connectivity index (χ0) is 19.6. The Bertz CT molecular complexity index is 696. The molecule has 0 radical (unpaired) electrons. The lowest BCUT2D eigenvalue weighted by atomic mass is 9.97. The summed E-state index contributed by atoms with van der Waals surface area (Å²) in [6.07, 6.45) is 10.3. The van der Waals surface area contributed by atoms with Crippen molar-refractivity contribution in [1.29, 1.82) is 0 Å². The number of nitrogens with one attached hydrogen (secondary N) is 2. The molecule has 28 heavy (non-hydrogen) atoms. The van der Waals surface area contributed by atoms with E-state index in [9.17, 15) is 9.59 Å². The maximum Gasteiger partial charge on any atom is 0.340 e. The topological polar surface area (TPSA) is 76.7 Å². The third-order valence-electron chi connectivity index (χ3n) is 5.18. The molecular formula is C22H30N2O4. The summed E-state index contributed by atoms with van der Waals surface area (Å²) >= 11 is 0. The van der Waals surface area contributed by atoms with Crippen molar-refractivity contribution in [3.63, 3.8) is 0 Å². The van der Waals surface area contributed by atoms with Gasteiger partial charge in [0.05, 0.1) is 11.7 Å². The molecule has 1 saturated heterocycles. The number of carbonyl (C=O) groups excluding carboxylic acids is 2. The molecule has 152 valence electrons. The van der Waals surface area contributed by atoms with Crippen LogP contribution in [0, 0.1) is 0 Å². The fourth-order valence-electron chi connectivity index (χ4n) is 3.60. The number of amides is 1. The largest absolute Gasteiger partial charge is 0.452 e. The van der Waals surface area contributed by atoms with Crippen LogP contribution in [0.15, 0.2) is 35.9 Å². The Hall–Kier alpha value is -2.34. The van der Waals surface area contributed by atoms with E-state index < -0.39 is 5.97 Å². The van der Waals surface area contributed by atoms with Crippen molar-refractivity contribution in [3.8, 4) is 0 Å². The van der Waals surface area contributed by atoms with Crippen LogP contribution in [0.25, 0.3) is 0 Å². The van der Waals surface area contributed by atoms with Crippen LogP contribution < -0.4 is 10.6 Å². The van der Waals surface area contributed by atoms with Crippen molar-refractivity contribution in [2.75, 3.05) is 31.6 Å². The molecule has 1 aromatic carbocycles. The number of hydrogen-bond donors (Lipinski definition) is 2. The summed E-state index contributed by atoms with van der Waals surface area (Å²) in [5.74, 6) is -0.800. The number of carbonyl (C=O) groups is 2. The molecule has 1 heterocycles. The Balaban J connectivity index is 1.43. The van der Waals surface area contributed by atoms with Crippen molar-refractivity contribution in [2.45, 2.75) is 51.0 Å². The van der Waals surface area contributed by atoms with Gasteiger partial charge in [-0.1, -0.05) is 23.8 Å². The number of benzene rings is 1. The summed E-state index contributed by atoms with van der Waals surface area (Å²) in [4.78, 5) is 24.3. The van der Waals surface area contributed by atoms with E-state index in [4.69, 9.17) is 9.47 Å². The molecule has 6 nitrogen and oxygen atoms in total. The Labute approximate surface area is 166 Å². The van der Waals surface area contributed by atoms with Crippen molar-refractivity contribution < 1.29 is 19.1 Å². The molecule has 0 bridgehead atoms. The molecule has 0 aromatic heterocycles. The first-order chi connectivity index (χ1) is 13.7. The standard InChI is InChI=1S/C22H30N2O4/c25-21(24-15-18-9-6-14-27-18)16-28-22(26)19-10-4-5-11-20(19)23-13-12-17-7-2-1-3-8-17/h4-5,7,10-11,18,23H,1-3,6,8-9,12-16H2,(H,24,25). The van der Waals surface area contributed by atoms with Crippen LogP contribution in [0.1, 0.15) is 55.3 Å². The van der Waals surface area contributed by atoms with Crippen LogP contribution in [0.5, 0.6) is 0 Å². The number of ether oxygens (including phenoxy) is 2. The van der Waals surface area contributed by atoms with Gasteiger partial charge in [0.2, 0.25) is 0 Å². The second-order valence-corrected chi connectivity index (χ2v) is 7.35. The van der Waals surface area contributed by atoms with Crippen molar-refractivity contribution in [2.24, 2.45) is 0 Å². The quantitative estimate of drug-likeness (QED) is 0.502. The smallest absolute Gasteiger partial charge is 0.340 e. The van der Waals surface area contributed by atoms with E-state index >= 15 is 0 Å². The van der Waals surface area contributed by atoms with Gasteiger partial charge in [-0.3, -0.25) is 4.79 Å². The number of anilines is 1. The molecule has 1 fully saturated rings. The third-order valence-corrected chi connectivity index (χ3v) is 5.18. The van der Waals surface area contributed by atoms with Crippen LogP contribution in [0.4, 0.5) is 5.69 Å². The minimum Gasteiger partial charge on any atom is -0.452 e. The minimum atomic E-state index is -0.493. The average Bonchev–Trinajstić information content (AvgIpc) is 3.25. The van der Waals surface area contributed by atoms with Crippen LogP contribution in [-0.2, 0) is 14.3 Å². The molecule has 2 aliphatic rings. The van der Waals surface area contributed by atoms with Crippen LogP contribution in [-0.4, -0.2) is 44.3 Å². The molecule has 1 amide bonds. The van der Waals surface area contributed by atoms with E-state index in [-0.39, 0.29) is 18.6 Å². The van der Waals surface area contributed by atoms with Crippen molar-refractivity contribution in [1.82, 2.24) is 5.32 Å². The zero-order valence-electron chi connectivity index (χ0n) is 16.4. The van der Waals surface area contributed by atoms with Crippen molar-refractivity contribution in [3.05, 3.63) is 41.5 Å². The summed E-state index contributed by atoms with van der Waals surface area (Å²) in [5.41, 5.74) is 2.68. The van der Waals surface area contributed by atoms with E-state index in [2.05, 4.69) is 16.7 Å². The maximum absolute atomic E-state index is 12.4. The normalized spacial score (nSPS) is 19.0. The van der Waals surface area contributed by atoms with Gasteiger partial charge in [-0.25, -0.2) is 4.79 Å². The highest BCUT2D eigenvalue weighted by molar-refractivity contribution is 5.96. The lowest BCUT2D eigenvalue weighted by molar-refractivity contribution is -0.124. The molecule has 1 aliphatic heterocycles. The summed E-state index contributed by atoms with van der Waals surface area (Å²) < 4.78 is 10.7. The van der Waals surface area contributed by atoms with E-state index in [0.717, 1.165) is 38.1 Å². The number of para-hydroxylation sites is 1. The maximum atomic E-state index is 12.4. The highest BCUT2D eigenvalue weighted by Crippen LogP contribution is 2.21. The molecule has 0 spiro atoms. The molecule has 6 heteroatoms. The monoisotopic (exact) mass is 386 g/mol. The number of esters is 1. The molecule has 1 aliphatic carbocycles. The van der Waals surface area contributed by atoms with Gasteiger partial charge in [0.15, 0.2) is 6.61 Å². The molecular weight excluding hydrogens is 356 g/mol. The Morgan fingerprint density at radius 3 is 2.86 bits per heavy atom. The van der Waals surface area contributed by atoms with Gasteiger partial charge in [-0.15, -0.1) is 0 Å². The molecule has 1 aromatic rings. The Kier molecular flexibility index (Phi) is 7.91. The number of hydrogen-bond acceptors (Lipinski definition) is 5. The second-order valence-electron chi connectivity index (χ2n) is 7.35. The van der Waals surface area contributed by atoms with Gasteiger partial charge in [0.1, 0.15) is 0 Å². The first-order valence-electron chi connectivity index (χ1n) is 10.3.